The zero-order valence-electron chi connectivity index (χ0n) is 37.7. The molecule has 0 amide bonds. The number of fused-ring (bicyclic) bond motifs is 4. The molecule has 0 aromatic heterocycles. The standard InChI is InChI=1S/C60H49BFN3/c1-38-20-28-53(49(32-38)44-16-9-7-10-17-44)64-55-30-22-40(3)34-51(55)61-52-35-41(4)23-31-56(52)65(54-29-21-39(2)33-50(54)45-18-11-8-12-19-45)58-37-48(36-57(64)59(58)61)63(47-26-24-46(62)25-27-47)60-42(5)14-13-15-43(60)6/h7-37H,1-6H3. The maximum atomic E-state index is 14.9. The van der Waals surface area contributed by atoms with Gasteiger partial charge in [-0.3, -0.25) is 0 Å². The maximum absolute atomic E-state index is 14.9. The van der Waals surface area contributed by atoms with Gasteiger partial charge in [-0.2, -0.15) is 0 Å². The minimum absolute atomic E-state index is 0.0675. The summed E-state index contributed by atoms with van der Waals surface area (Å²) in [6.07, 6.45) is 0. The van der Waals surface area contributed by atoms with E-state index in [1.807, 2.05) is 12.1 Å². The van der Waals surface area contributed by atoms with Crippen molar-refractivity contribution in [3.63, 3.8) is 0 Å². The first-order valence-corrected chi connectivity index (χ1v) is 22.6. The Balaban J connectivity index is 1.31. The Labute approximate surface area is 382 Å². The van der Waals surface area contributed by atoms with Gasteiger partial charge in [0.15, 0.2) is 0 Å². The highest BCUT2D eigenvalue weighted by molar-refractivity contribution is 7.00. The molecule has 3 nitrogen and oxygen atoms in total. The Morgan fingerprint density at radius 3 is 1.28 bits per heavy atom. The van der Waals surface area contributed by atoms with Crippen LogP contribution in [0, 0.1) is 47.4 Å². The molecule has 2 heterocycles. The number of hydrogen-bond donors (Lipinski definition) is 0. The summed E-state index contributed by atoms with van der Waals surface area (Å²) in [4.78, 5) is 7.38. The fraction of sp³-hybridized carbons (Fsp3) is 0.100. The predicted molar refractivity (Wildman–Crippen MR) is 274 cm³/mol. The van der Waals surface area contributed by atoms with Crippen molar-refractivity contribution in [1.29, 1.82) is 0 Å². The van der Waals surface area contributed by atoms with E-state index in [1.54, 1.807) is 12.1 Å². The lowest BCUT2D eigenvalue weighted by Crippen LogP contribution is -2.61. The van der Waals surface area contributed by atoms with Gasteiger partial charge in [0, 0.05) is 39.6 Å². The van der Waals surface area contributed by atoms with E-state index in [0.29, 0.717) is 0 Å². The molecule has 0 saturated heterocycles. The molecule has 0 spiro atoms. The highest BCUT2D eigenvalue weighted by atomic mass is 19.1. The van der Waals surface area contributed by atoms with Crippen molar-refractivity contribution in [1.82, 2.24) is 0 Å². The van der Waals surface area contributed by atoms with Crippen molar-refractivity contribution in [3.05, 3.63) is 227 Å². The van der Waals surface area contributed by atoms with E-state index in [-0.39, 0.29) is 12.5 Å². The molecule has 0 saturated carbocycles. The largest absolute Gasteiger partial charge is 0.311 e. The molecule has 0 atom stereocenters. The quantitative estimate of drug-likeness (QED) is 0.148. The molecule has 9 aromatic carbocycles. The van der Waals surface area contributed by atoms with Crippen LogP contribution in [-0.2, 0) is 0 Å². The normalized spacial score (nSPS) is 12.4. The van der Waals surface area contributed by atoms with Crippen LogP contribution >= 0.6 is 0 Å². The molecule has 0 fully saturated rings. The molecule has 0 radical (unpaired) electrons. The average Bonchev–Trinajstić information content (AvgIpc) is 3.31. The lowest BCUT2D eigenvalue weighted by atomic mass is 9.33. The molecular weight excluding hydrogens is 792 g/mol. The smallest absolute Gasteiger partial charge is 0.252 e. The van der Waals surface area contributed by atoms with Gasteiger partial charge in [-0.25, -0.2) is 4.39 Å². The van der Waals surface area contributed by atoms with Crippen molar-refractivity contribution in [2.45, 2.75) is 41.5 Å². The summed E-state index contributed by atoms with van der Waals surface area (Å²) in [5, 5.41) is 0. The molecule has 0 N–H and O–H groups in total. The first kappa shape index (κ1) is 40.2. The van der Waals surface area contributed by atoms with Gasteiger partial charge in [-0.05, 0) is 153 Å². The van der Waals surface area contributed by atoms with E-state index >= 15 is 0 Å². The summed E-state index contributed by atoms with van der Waals surface area (Å²) >= 11 is 0. The van der Waals surface area contributed by atoms with E-state index < -0.39 is 0 Å². The number of para-hydroxylation sites is 1. The number of aryl methyl sites for hydroxylation is 6. The highest BCUT2D eigenvalue weighted by Crippen LogP contribution is 2.51. The second-order valence-electron chi connectivity index (χ2n) is 18.0. The van der Waals surface area contributed by atoms with Crippen LogP contribution in [0.1, 0.15) is 33.4 Å². The Morgan fingerprint density at radius 2 is 0.815 bits per heavy atom. The molecule has 2 aliphatic heterocycles. The van der Waals surface area contributed by atoms with Crippen molar-refractivity contribution >= 4 is 74.3 Å². The third-order valence-corrected chi connectivity index (χ3v) is 13.3. The van der Waals surface area contributed by atoms with E-state index in [4.69, 9.17) is 0 Å². The summed E-state index contributed by atoms with van der Waals surface area (Å²) in [7, 11) is 0. The molecule has 11 rings (SSSR count). The number of halogens is 1. The molecule has 9 aromatic rings. The Hall–Kier alpha value is -7.63. The summed E-state index contributed by atoms with van der Waals surface area (Å²) in [5.41, 5.74) is 25.2. The number of nitrogens with zero attached hydrogens (tertiary/aromatic N) is 3. The van der Waals surface area contributed by atoms with Gasteiger partial charge >= 0.3 is 0 Å². The Bertz CT molecular complexity index is 3120. The van der Waals surface area contributed by atoms with Gasteiger partial charge in [-0.1, -0.05) is 138 Å². The Morgan fingerprint density at radius 1 is 0.385 bits per heavy atom. The summed E-state index contributed by atoms with van der Waals surface area (Å²) in [5.74, 6) is -0.268. The summed E-state index contributed by atoms with van der Waals surface area (Å²) in [6.45, 7) is 13.0. The number of benzene rings is 9. The van der Waals surface area contributed by atoms with Crippen LogP contribution in [0.2, 0.25) is 0 Å². The van der Waals surface area contributed by atoms with E-state index in [2.05, 4.69) is 220 Å². The number of hydrogen-bond acceptors (Lipinski definition) is 3. The third-order valence-electron chi connectivity index (χ3n) is 13.3. The lowest BCUT2D eigenvalue weighted by molar-refractivity contribution is 0.628. The van der Waals surface area contributed by atoms with Crippen molar-refractivity contribution in [2.75, 3.05) is 14.7 Å². The van der Waals surface area contributed by atoms with E-state index in [0.717, 1.165) is 84.6 Å². The monoisotopic (exact) mass is 841 g/mol. The minimum atomic E-state index is -0.268. The first-order valence-electron chi connectivity index (χ1n) is 22.6. The fourth-order valence-corrected chi connectivity index (χ4v) is 10.4. The van der Waals surface area contributed by atoms with Crippen molar-refractivity contribution in [3.8, 4) is 22.3 Å². The zero-order chi connectivity index (χ0) is 44.5. The van der Waals surface area contributed by atoms with Crippen molar-refractivity contribution in [2.24, 2.45) is 0 Å². The second-order valence-corrected chi connectivity index (χ2v) is 18.0. The summed E-state index contributed by atoms with van der Waals surface area (Å²) < 4.78 is 14.9. The topological polar surface area (TPSA) is 9.72 Å². The average molecular weight is 842 g/mol. The van der Waals surface area contributed by atoms with E-state index in [1.165, 1.54) is 38.6 Å². The highest BCUT2D eigenvalue weighted by Gasteiger charge is 2.45. The van der Waals surface area contributed by atoms with Crippen LogP contribution in [-0.4, -0.2) is 6.71 Å². The second kappa shape index (κ2) is 15.9. The number of rotatable bonds is 7. The fourth-order valence-electron chi connectivity index (χ4n) is 10.4. The summed E-state index contributed by atoms with van der Waals surface area (Å²) in [6, 6.07) is 67.5. The maximum Gasteiger partial charge on any atom is 0.252 e. The zero-order valence-corrected chi connectivity index (χ0v) is 37.7. The van der Waals surface area contributed by atoms with Crippen LogP contribution in [0.3, 0.4) is 0 Å². The molecule has 314 valence electrons. The predicted octanol–water partition coefficient (Wildman–Crippen LogP) is 14.6. The lowest BCUT2D eigenvalue weighted by Gasteiger charge is -2.46. The van der Waals surface area contributed by atoms with Crippen LogP contribution in [0.5, 0.6) is 0 Å². The van der Waals surface area contributed by atoms with Crippen LogP contribution in [0.15, 0.2) is 188 Å². The van der Waals surface area contributed by atoms with Gasteiger partial charge < -0.3 is 14.7 Å². The minimum Gasteiger partial charge on any atom is -0.311 e. The molecule has 5 heteroatoms. The molecule has 0 unspecified atom stereocenters. The SMILES string of the molecule is Cc1ccc2c(c1)B1c3cc(C)ccc3N(c3ccc(C)cc3-c3ccccc3)c3cc(N(c4ccc(F)cc4)c4c(C)cccc4C)cc(c31)N2c1ccc(C)cc1-c1ccccc1. The third kappa shape index (κ3) is 6.82. The first-order chi connectivity index (χ1) is 31.6. The van der Waals surface area contributed by atoms with Gasteiger partial charge in [0.25, 0.3) is 6.71 Å². The van der Waals surface area contributed by atoms with E-state index in [9.17, 15) is 4.39 Å². The molecular formula is C60H49BFN3. The van der Waals surface area contributed by atoms with Crippen molar-refractivity contribution < 1.29 is 4.39 Å². The number of anilines is 9. The van der Waals surface area contributed by atoms with Crippen LogP contribution in [0.4, 0.5) is 55.6 Å². The molecule has 0 aliphatic carbocycles. The molecule has 2 aliphatic rings. The van der Waals surface area contributed by atoms with Gasteiger partial charge in [-0.15, -0.1) is 0 Å². The van der Waals surface area contributed by atoms with Crippen LogP contribution in [0.25, 0.3) is 22.3 Å². The molecule has 65 heavy (non-hydrogen) atoms. The van der Waals surface area contributed by atoms with Gasteiger partial charge in [0.1, 0.15) is 5.82 Å². The Kier molecular flexibility index (Phi) is 9.81. The molecule has 0 bridgehead atoms. The van der Waals surface area contributed by atoms with Gasteiger partial charge in [0.2, 0.25) is 0 Å². The van der Waals surface area contributed by atoms with Gasteiger partial charge in [0.05, 0.1) is 22.7 Å². The van der Waals surface area contributed by atoms with Crippen LogP contribution < -0.4 is 31.1 Å².